The molecule has 1 aliphatic rings. The van der Waals surface area contributed by atoms with E-state index in [0.717, 1.165) is 22.4 Å². The maximum Gasteiger partial charge on any atom is 0.123 e. The summed E-state index contributed by atoms with van der Waals surface area (Å²) < 4.78 is 5.63. The van der Waals surface area contributed by atoms with Gasteiger partial charge in [0.2, 0.25) is 0 Å². The molecule has 0 saturated carbocycles. The first-order valence-corrected chi connectivity index (χ1v) is 6.22. The highest BCUT2D eigenvalue weighted by atomic mass is 16.5. The highest BCUT2D eigenvalue weighted by Crippen LogP contribution is 2.41. The van der Waals surface area contributed by atoms with Crippen LogP contribution in [0.4, 0.5) is 0 Å². The molecule has 0 fully saturated rings. The molecule has 2 atom stereocenters. The largest absolute Gasteiger partial charge is 0.493 e. The number of aliphatic hydroxyl groups excluding tert-OH is 1. The third-order valence-corrected chi connectivity index (χ3v) is 3.63. The molecule has 2 unspecified atom stereocenters. The molecule has 0 amide bonds. The van der Waals surface area contributed by atoms with Crippen LogP contribution in [0.3, 0.4) is 0 Å². The minimum atomic E-state index is -0.505. The fourth-order valence-corrected chi connectivity index (χ4v) is 2.58. The van der Waals surface area contributed by atoms with Crippen molar-refractivity contribution in [2.75, 3.05) is 6.61 Å². The third kappa shape index (κ3) is 1.79. The summed E-state index contributed by atoms with van der Waals surface area (Å²) in [5.41, 5.74) is 3.21. The van der Waals surface area contributed by atoms with Gasteiger partial charge < -0.3 is 9.84 Å². The van der Waals surface area contributed by atoms with Crippen molar-refractivity contribution >= 4 is 0 Å². The van der Waals surface area contributed by atoms with Gasteiger partial charge in [-0.25, -0.2) is 0 Å². The Bertz CT molecular complexity index is 563. The molecule has 0 saturated heterocycles. The van der Waals surface area contributed by atoms with Gasteiger partial charge in [-0.1, -0.05) is 42.5 Å². The Morgan fingerprint density at radius 1 is 1.11 bits per heavy atom. The maximum absolute atomic E-state index is 10.6. The van der Waals surface area contributed by atoms with Crippen molar-refractivity contribution in [2.24, 2.45) is 0 Å². The van der Waals surface area contributed by atoms with Gasteiger partial charge in [0.05, 0.1) is 18.6 Å². The molecule has 2 nitrogen and oxygen atoms in total. The summed E-state index contributed by atoms with van der Waals surface area (Å²) in [5.74, 6) is 0.928. The normalized spacial score (nSPS) is 19.1. The van der Waals surface area contributed by atoms with Crippen LogP contribution in [0, 0.1) is 6.92 Å². The van der Waals surface area contributed by atoms with Gasteiger partial charge in [0, 0.05) is 5.56 Å². The third-order valence-electron chi connectivity index (χ3n) is 3.63. The van der Waals surface area contributed by atoms with Crippen LogP contribution in [-0.4, -0.2) is 11.7 Å². The first kappa shape index (κ1) is 11.3. The summed E-state index contributed by atoms with van der Waals surface area (Å²) in [4.78, 5) is 0. The van der Waals surface area contributed by atoms with Crippen LogP contribution in [0.5, 0.6) is 5.75 Å². The van der Waals surface area contributed by atoms with Gasteiger partial charge >= 0.3 is 0 Å². The van der Waals surface area contributed by atoms with Gasteiger partial charge in [-0.05, 0) is 24.1 Å². The molecule has 0 radical (unpaired) electrons. The topological polar surface area (TPSA) is 29.5 Å². The molecule has 92 valence electrons. The van der Waals surface area contributed by atoms with Crippen molar-refractivity contribution in [3.05, 3.63) is 65.2 Å². The molecule has 2 aromatic rings. The molecule has 0 aliphatic carbocycles. The first-order chi connectivity index (χ1) is 8.77. The smallest absolute Gasteiger partial charge is 0.123 e. The van der Waals surface area contributed by atoms with Crippen LogP contribution >= 0.6 is 0 Å². The SMILES string of the molecule is Cc1ccccc1C(O)C1COc2ccccc21. The molecule has 2 heteroatoms. The number of ether oxygens (including phenoxy) is 1. The second kappa shape index (κ2) is 4.46. The van der Waals surface area contributed by atoms with E-state index < -0.39 is 6.10 Å². The standard InChI is InChI=1S/C16H16O2/c1-11-6-2-3-7-12(11)16(17)14-10-18-15-9-5-4-8-13(14)15/h2-9,14,16-17H,10H2,1H3. The summed E-state index contributed by atoms with van der Waals surface area (Å²) in [5, 5.41) is 10.6. The van der Waals surface area contributed by atoms with Crippen molar-refractivity contribution in [1.29, 1.82) is 0 Å². The summed E-state index contributed by atoms with van der Waals surface area (Å²) in [6.45, 7) is 2.58. The second-order valence-electron chi connectivity index (χ2n) is 4.76. The molecule has 1 heterocycles. The van der Waals surface area contributed by atoms with Gasteiger partial charge in [0.15, 0.2) is 0 Å². The van der Waals surface area contributed by atoms with Crippen LogP contribution in [0.15, 0.2) is 48.5 Å². The summed E-state index contributed by atoms with van der Waals surface area (Å²) in [6, 6.07) is 15.9. The number of hydrogen-bond donors (Lipinski definition) is 1. The number of benzene rings is 2. The van der Waals surface area contributed by atoms with Gasteiger partial charge in [0.25, 0.3) is 0 Å². The fourth-order valence-electron chi connectivity index (χ4n) is 2.58. The zero-order chi connectivity index (χ0) is 12.5. The minimum absolute atomic E-state index is 0.0299. The lowest BCUT2D eigenvalue weighted by atomic mass is 9.89. The van der Waals surface area contributed by atoms with Crippen molar-refractivity contribution in [3.8, 4) is 5.75 Å². The van der Waals surface area contributed by atoms with E-state index in [2.05, 4.69) is 0 Å². The second-order valence-corrected chi connectivity index (χ2v) is 4.76. The van der Waals surface area contributed by atoms with Crippen molar-refractivity contribution < 1.29 is 9.84 Å². The van der Waals surface area contributed by atoms with Crippen LogP contribution in [0.1, 0.15) is 28.7 Å². The van der Waals surface area contributed by atoms with E-state index in [1.807, 2.05) is 55.5 Å². The van der Waals surface area contributed by atoms with Crippen LogP contribution < -0.4 is 4.74 Å². The zero-order valence-corrected chi connectivity index (χ0v) is 10.3. The minimum Gasteiger partial charge on any atom is -0.493 e. The van der Waals surface area contributed by atoms with Crippen molar-refractivity contribution in [2.45, 2.75) is 18.9 Å². The van der Waals surface area contributed by atoms with Gasteiger partial charge in [-0.3, -0.25) is 0 Å². The Morgan fingerprint density at radius 2 is 1.83 bits per heavy atom. The van der Waals surface area contributed by atoms with Gasteiger partial charge in [0.1, 0.15) is 5.75 Å². The molecule has 3 rings (SSSR count). The summed E-state index contributed by atoms with van der Waals surface area (Å²) in [6.07, 6.45) is -0.505. The van der Waals surface area contributed by atoms with E-state index in [1.54, 1.807) is 0 Å². The number of rotatable bonds is 2. The van der Waals surface area contributed by atoms with Crippen molar-refractivity contribution in [1.82, 2.24) is 0 Å². The van der Waals surface area contributed by atoms with E-state index in [0.29, 0.717) is 6.61 Å². The van der Waals surface area contributed by atoms with E-state index in [4.69, 9.17) is 4.74 Å². The highest BCUT2D eigenvalue weighted by Gasteiger charge is 2.31. The Balaban J connectivity index is 1.96. The Labute approximate surface area is 107 Å². The summed E-state index contributed by atoms with van der Waals surface area (Å²) in [7, 11) is 0. The molecule has 2 aromatic carbocycles. The molecule has 1 N–H and O–H groups in total. The average Bonchev–Trinajstić information content (AvgIpc) is 2.82. The van der Waals surface area contributed by atoms with E-state index in [1.165, 1.54) is 0 Å². The molecular formula is C16H16O2. The quantitative estimate of drug-likeness (QED) is 0.873. The monoisotopic (exact) mass is 240 g/mol. The van der Waals surface area contributed by atoms with E-state index in [9.17, 15) is 5.11 Å². The number of fused-ring (bicyclic) bond motifs is 1. The van der Waals surface area contributed by atoms with Crippen LogP contribution in [0.2, 0.25) is 0 Å². The fraction of sp³-hybridized carbons (Fsp3) is 0.250. The highest BCUT2D eigenvalue weighted by molar-refractivity contribution is 5.42. The lowest BCUT2D eigenvalue weighted by molar-refractivity contribution is 0.129. The first-order valence-electron chi connectivity index (χ1n) is 6.22. The Morgan fingerprint density at radius 3 is 2.67 bits per heavy atom. The number of hydrogen-bond acceptors (Lipinski definition) is 2. The Kier molecular flexibility index (Phi) is 2.80. The number of para-hydroxylation sites is 1. The predicted molar refractivity (Wildman–Crippen MR) is 70.8 cm³/mol. The maximum atomic E-state index is 10.6. The lowest BCUT2D eigenvalue weighted by Gasteiger charge is -2.19. The van der Waals surface area contributed by atoms with Crippen LogP contribution in [-0.2, 0) is 0 Å². The lowest BCUT2D eigenvalue weighted by Crippen LogP contribution is -2.13. The Hall–Kier alpha value is -1.80. The predicted octanol–water partition coefficient (Wildman–Crippen LogP) is 3.20. The molecule has 18 heavy (non-hydrogen) atoms. The molecule has 0 bridgehead atoms. The molecule has 0 spiro atoms. The van der Waals surface area contributed by atoms with Crippen LogP contribution in [0.25, 0.3) is 0 Å². The number of aliphatic hydroxyl groups is 1. The van der Waals surface area contributed by atoms with Gasteiger partial charge in [-0.2, -0.15) is 0 Å². The zero-order valence-electron chi connectivity index (χ0n) is 10.3. The molecule has 1 aliphatic heterocycles. The number of aryl methyl sites for hydroxylation is 1. The van der Waals surface area contributed by atoms with Crippen molar-refractivity contribution in [3.63, 3.8) is 0 Å². The molecular weight excluding hydrogens is 224 g/mol. The van der Waals surface area contributed by atoms with E-state index >= 15 is 0 Å². The average molecular weight is 240 g/mol. The summed E-state index contributed by atoms with van der Waals surface area (Å²) >= 11 is 0. The van der Waals surface area contributed by atoms with Gasteiger partial charge in [-0.15, -0.1) is 0 Å². The molecule has 0 aromatic heterocycles. The van der Waals surface area contributed by atoms with E-state index in [-0.39, 0.29) is 5.92 Å².